The highest BCUT2D eigenvalue weighted by Gasteiger charge is 2.21. The minimum atomic E-state index is -0.0842. The maximum atomic E-state index is 12.1. The Balaban J connectivity index is 4.32. The summed E-state index contributed by atoms with van der Waals surface area (Å²) in [6.07, 6.45) is 3.02. The maximum absolute atomic E-state index is 12.1. The van der Waals surface area contributed by atoms with Crippen LogP contribution in [0.15, 0.2) is 0 Å². The minimum absolute atomic E-state index is 0.0842. The normalized spacial score (nSPS) is 13.1. The zero-order valence-corrected chi connectivity index (χ0v) is 11.8. The van der Waals surface area contributed by atoms with Crippen LogP contribution in [0.1, 0.15) is 47.0 Å². The monoisotopic (exact) mass is 243 g/mol. The van der Waals surface area contributed by atoms with Crippen molar-refractivity contribution in [3.05, 3.63) is 0 Å². The van der Waals surface area contributed by atoms with Gasteiger partial charge in [-0.15, -0.1) is 0 Å². The maximum Gasteiger partial charge on any atom is 0.237 e. The molecule has 0 aliphatic heterocycles. The largest absolute Gasteiger partial charge is 0.352 e. The third-order valence-electron chi connectivity index (χ3n) is 3.19. The van der Waals surface area contributed by atoms with Crippen LogP contribution in [0.4, 0.5) is 0 Å². The Kier molecular flexibility index (Phi) is 9.09. The number of carbonyl (C=O) groups excluding carboxylic acids is 1. The molecule has 0 aromatic rings. The van der Waals surface area contributed by atoms with Crippen molar-refractivity contribution in [2.45, 2.75) is 59.0 Å². The fourth-order valence-electron chi connectivity index (χ4n) is 1.93. The lowest BCUT2D eigenvalue weighted by Crippen LogP contribution is -2.49. The number of hydrogen-bond acceptors (Lipinski definition) is 3. The molecule has 0 aromatic carbocycles. The molecule has 0 bridgehead atoms. The van der Waals surface area contributed by atoms with Gasteiger partial charge in [0, 0.05) is 19.1 Å². The number of amides is 1. The zero-order chi connectivity index (χ0) is 13.3. The van der Waals surface area contributed by atoms with Gasteiger partial charge in [0.25, 0.3) is 0 Å². The molecule has 3 N–H and O–H groups in total. The third-order valence-corrected chi connectivity index (χ3v) is 3.19. The molecule has 4 heteroatoms. The lowest BCUT2D eigenvalue weighted by molar-refractivity contribution is -0.126. The van der Waals surface area contributed by atoms with Gasteiger partial charge >= 0.3 is 0 Å². The van der Waals surface area contributed by atoms with Crippen LogP contribution in [0, 0.1) is 0 Å². The van der Waals surface area contributed by atoms with E-state index < -0.39 is 0 Å². The number of carbonyl (C=O) groups is 1. The van der Waals surface area contributed by atoms with Crippen LogP contribution < -0.4 is 11.1 Å². The van der Waals surface area contributed by atoms with E-state index in [0.717, 1.165) is 32.4 Å². The minimum Gasteiger partial charge on any atom is -0.352 e. The second kappa shape index (κ2) is 9.42. The second-order valence-corrected chi connectivity index (χ2v) is 4.52. The molecule has 4 nitrogen and oxygen atoms in total. The summed E-state index contributed by atoms with van der Waals surface area (Å²) < 4.78 is 0. The predicted molar refractivity (Wildman–Crippen MR) is 72.9 cm³/mol. The van der Waals surface area contributed by atoms with Crippen LogP contribution in [0.2, 0.25) is 0 Å². The van der Waals surface area contributed by atoms with Gasteiger partial charge in [-0.3, -0.25) is 9.69 Å². The highest BCUT2D eigenvalue weighted by atomic mass is 16.2. The summed E-state index contributed by atoms with van der Waals surface area (Å²) in [6.45, 7) is 10.6. The average Bonchev–Trinajstić information content (AvgIpc) is 2.34. The van der Waals surface area contributed by atoms with Crippen molar-refractivity contribution in [2.24, 2.45) is 5.73 Å². The van der Waals surface area contributed by atoms with Gasteiger partial charge in [0.2, 0.25) is 5.91 Å². The topological polar surface area (TPSA) is 58.4 Å². The molecule has 0 radical (unpaired) electrons. The number of nitrogens with zero attached hydrogens (tertiary/aromatic N) is 1. The molecule has 1 amide bonds. The third kappa shape index (κ3) is 6.03. The van der Waals surface area contributed by atoms with E-state index in [4.69, 9.17) is 5.73 Å². The average molecular weight is 243 g/mol. The van der Waals surface area contributed by atoms with E-state index in [1.807, 2.05) is 6.92 Å². The van der Waals surface area contributed by atoms with Crippen molar-refractivity contribution in [2.75, 3.05) is 19.6 Å². The van der Waals surface area contributed by atoms with E-state index in [1.165, 1.54) is 0 Å². The smallest absolute Gasteiger partial charge is 0.237 e. The van der Waals surface area contributed by atoms with Gasteiger partial charge in [-0.2, -0.15) is 0 Å². The van der Waals surface area contributed by atoms with Gasteiger partial charge in [0.05, 0.1) is 6.04 Å². The zero-order valence-electron chi connectivity index (χ0n) is 11.8. The lowest BCUT2D eigenvalue weighted by Gasteiger charge is -2.28. The molecule has 1 atom stereocenters. The SMILES string of the molecule is CCCN(CCN)C(C)C(=O)NC(CC)CC. The van der Waals surface area contributed by atoms with Crippen LogP contribution in [0.3, 0.4) is 0 Å². The molecular formula is C13H29N3O. The second-order valence-electron chi connectivity index (χ2n) is 4.52. The molecule has 0 rings (SSSR count). The van der Waals surface area contributed by atoms with E-state index in [9.17, 15) is 4.79 Å². The first-order valence-electron chi connectivity index (χ1n) is 6.85. The molecule has 0 saturated heterocycles. The van der Waals surface area contributed by atoms with Crippen LogP contribution in [0.25, 0.3) is 0 Å². The van der Waals surface area contributed by atoms with Crippen molar-refractivity contribution in [3.63, 3.8) is 0 Å². The molecule has 17 heavy (non-hydrogen) atoms. The molecule has 0 aliphatic carbocycles. The Morgan fingerprint density at radius 1 is 1.24 bits per heavy atom. The molecule has 0 spiro atoms. The first-order valence-corrected chi connectivity index (χ1v) is 6.85. The quantitative estimate of drug-likeness (QED) is 0.643. The number of hydrogen-bond donors (Lipinski definition) is 2. The Hall–Kier alpha value is -0.610. The van der Waals surface area contributed by atoms with Crippen LogP contribution >= 0.6 is 0 Å². The summed E-state index contributed by atoms with van der Waals surface area (Å²) in [7, 11) is 0. The molecule has 0 aromatic heterocycles. The van der Waals surface area contributed by atoms with Gasteiger partial charge < -0.3 is 11.1 Å². The molecule has 0 saturated carbocycles. The first kappa shape index (κ1) is 16.4. The standard InChI is InChI=1S/C13H29N3O/c1-5-9-16(10-8-14)11(4)13(17)15-12(6-2)7-3/h11-12H,5-10,14H2,1-4H3,(H,15,17). The van der Waals surface area contributed by atoms with E-state index in [1.54, 1.807) is 0 Å². The van der Waals surface area contributed by atoms with E-state index in [-0.39, 0.29) is 11.9 Å². The van der Waals surface area contributed by atoms with Crippen molar-refractivity contribution in [1.29, 1.82) is 0 Å². The summed E-state index contributed by atoms with van der Waals surface area (Å²) >= 11 is 0. The molecule has 102 valence electrons. The van der Waals surface area contributed by atoms with Crippen molar-refractivity contribution in [3.8, 4) is 0 Å². The molecular weight excluding hydrogens is 214 g/mol. The van der Waals surface area contributed by atoms with Crippen molar-refractivity contribution < 1.29 is 4.79 Å². The molecule has 0 fully saturated rings. The van der Waals surface area contributed by atoms with Crippen LogP contribution in [-0.2, 0) is 4.79 Å². The van der Waals surface area contributed by atoms with Gasteiger partial charge in [-0.25, -0.2) is 0 Å². The predicted octanol–water partition coefficient (Wildman–Crippen LogP) is 1.35. The van der Waals surface area contributed by atoms with Gasteiger partial charge in [-0.1, -0.05) is 20.8 Å². The highest BCUT2D eigenvalue weighted by molar-refractivity contribution is 5.81. The lowest BCUT2D eigenvalue weighted by atomic mass is 10.1. The Labute approximate surface area is 106 Å². The molecule has 0 heterocycles. The first-order chi connectivity index (χ1) is 8.10. The summed E-state index contributed by atoms with van der Waals surface area (Å²) in [5.41, 5.74) is 5.58. The summed E-state index contributed by atoms with van der Waals surface area (Å²) in [6, 6.07) is 0.213. The Morgan fingerprint density at radius 2 is 1.82 bits per heavy atom. The van der Waals surface area contributed by atoms with Crippen molar-refractivity contribution in [1.82, 2.24) is 10.2 Å². The van der Waals surface area contributed by atoms with Crippen LogP contribution in [-0.4, -0.2) is 42.5 Å². The molecule has 0 aliphatic rings. The number of rotatable bonds is 9. The van der Waals surface area contributed by atoms with Gasteiger partial charge in [-0.05, 0) is 32.7 Å². The van der Waals surface area contributed by atoms with E-state index >= 15 is 0 Å². The van der Waals surface area contributed by atoms with Crippen molar-refractivity contribution >= 4 is 5.91 Å². The van der Waals surface area contributed by atoms with Gasteiger partial charge in [0.1, 0.15) is 0 Å². The summed E-state index contributed by atoms with van der Waals surface area (Å²) in [5, 5.41) is 3.09. The Morgan fingerprint density at radius 3 is 2.24 bits per heavy atom. The van der Waals surface area contributed by atoms with E-state index in [0.29, 0.717) is 12.6 Å². The summed E-state index contributed by atoms with van der Waals surface area (Å²) in [5.74, 6) is 0.126. The van der Waals surface area contributed by atoms with Crippen LogP contribution in [0.5, 0.6) is 0 Å². The van der Waals surface area contributed by atoms with E-state index in [2.05, 4.69) is 31.0 Å². The number of nitrogens with one attached hydrogen (secondary N) is 1. The Bertz CT molecular complexity index is 199. The number of nitrogens with two attached hydrogens (primary N) is 1. The fraction of sp³-hybridized carbons (Fsp3) is 0.923. The van der Waals surface area contributed by atoms with Gasteiger partial charge in [0.15, 0.2) is 0 Å². The molecule has 1 unspecified atom stereocenters. The summed E-state index contributed by atoms with van der Waals surface area (Å²) in [4.78, 5) is 14.2. The highest BCUT2D eigenvalue weighted by Crippen LogP contribution is 2.03. The fourth-order valence-corrected chi connectivity index (χ4v) is 1.93.